The highest BCUT2D eigenvalue weighted by atomic mass is 19.4. The van der Waals surface area contributed by atoms with Gasteiger partial charge in [0.1, 0.15) is 0 Å². The molecule has 0 bridgehead atoms. The van der Waals surface area contributed by atoms with Crippen LogP contribution >= 0.6 is 0 Å². The molecule has 6 heteroatoms. The van der Waals surface area contributed by atoms with Crippen molar-refractivity contribution in [3.63, 3.8) is 0 Å². The first-order chi connectivity index (χ1) is 9.45. The van der Waals surface area contributed by atoms with Crippen LogP contribution in [0.4, 0.5) is 26.3 Å². The second kappa shape index (κ2) is 5.89. The van der Waals surface area contributed by atoms with Crippen molar-refractivity contribution in [1.82, 2.24) is 0 Å². The molecule has 0 heterocycles. The van der Waals surface area contributed by atoms with Gasteiger partial charge in [-0.15, -0.1) is 0 Å². The first-order valence-electron chi connectivity index (χ1n) is 6.74. The van der Waals surface area contributed by atoms with Gasteiger partial charge in [0.15, 0.2) is 0 Å². The molecular weight excluding hydrogens is 294 g/mol. The maximum Gasteiger partial charge on any atom is 0.416 e. The third-order valence-electron chi connectivity index (χ3n) is 3.88. The number of hydrogen-bond donors (Lipinski definition) is 0. The third-order valence-corrected chi connectivity index (χ3v) is 3.88. The SMILES string of the molecule is CCCC(C)(CC)c1ccc(C(F)(F)F)cc1C(F)(F)F. The summed E-state index contributed by atoms with van der Waals surface area (Å²) in [6.45, 7) is 5.24. The molecule has 0 saturated heterocycles. The number of rotatable bonds is 4. The molecule has 0 amide bonds. The van der Waals surface area contributed by atoms with E-state index < -0.39 is 28.9 Å². The molecule has 0 aliphatic heterocycles. The maximum atomic E-state index is 13.2. The van der Waals surface area contributed by atoms with E-state index in [4.69, 9.17) is 0 Å². The minimum atomic E-state index is -4.80. The molecule has 0 aromatic heterocycles. The molecule has 1 aromatic rings. The Morgan fingerprint density at radius 2 is 1.43 bits per heavy atom. The van der Waals surface area contributed by atoms with E-state index in [2.05, 4.69) is 0 Å². The van der Waals surface area contributed by atoms with E-state index in [1.54, 1.807) is 13.8 Å². The van der Waals surface area contributed by atoms with Crippen molar-refractivity contribution < 1.29 is 26.3 Å². The van der Waals surface area contributed by atoms with Crippen molar-refractivity contribution in [3.8, 4) is 0 Å². The normalized spacial score (nSPS) is 15.9. The van der Waals surface area contributed by atoms with Crippen LogP contribution in [0.1, 0.15) is 56.7 Å². The highest BCUT2D eigenvalue weighted by molar-refractivity contribution is 5.40. The Bertz CT molecular complexity index is 486. The first-order valence-corrected chi connectivity index (χ1v) is 6.74. The van der Waals surface area contributed by atoms with E-state index in [1.165, 1.54) is 0 Å². The van der Waals surface area contributed by atoms with Crippen LogP contribution in [0.3, 0.4) is 0 Å². The van der Waals surface area contributed by atoms with Crippen molar-refractivity contribution in [2.75, 3.05) is 0 Å². The molecule has 1 rings (SSSR count). The Hall–Kier alpha value is -1.20. The predicted octanol–water partition coefficient (Wildman–Crippen LogP) is 6.19. The summed E-state index contributed by atoms with van der Waals surface area (Å²) in [4.78, 5) is 0. The van der Waals surface area contributed by atoms with Crippen LogP contribution < -0.4 is 0 Å². The van der Waals surface area contributed by atoms with Gasteiger partial charge in [-0.1, -0.05) is 33.3 Å². The Labute approximate surface area is 120 Å². The Morgan fingerprint density at radius 1 is 0.857 bits per heavy atom. The zero-order chi connectivity index (χ0) is 16.5. The van der Waals surface area contributed by atoms with E-state index in [0.717, 1.165) is 12.1 Å². The van der Waals surface area contributed by atoms with Crippen LogP contribution in [0.5, 0.6) is 0 Å². The molecule has 1 aromatic carbocycles. The van der Waals surface area contributed by atoms with Gasteiger partial charge in [-0.3, -0.25) is 0 Å². The zero-order valence-electron chi connectivity index (χ0n) is 12.1. The van der Waals surface area contributed by atoms with E-state index in [-0.39, 0.29) is 11.6 Å². The molecule has 120 valence electrons. The topological polar surface area (TPSA) is 0 Å². The highest BCUT2D eigenvalue weighted by Crippen LogP contribution is 2.43. The quantitative estimate of drug-likeness (QED) is 0.581. The van der Waals surface area contributed by atoms with Crippen molar-refractivity contribution in [3.05, 3.63) is 34.9 Å². The summed E-state index contributed by atoms with van der Waals surface area (Å²) in [5, 5.41) is 0. The van der Waals surface area contributed by atoms with Gasteiger partial charge in [-0.2, -0.15) is 26.3 Å². The van der Waals surface area contributed by atoms with Gasteiger partial charge in [0.05, 0.1) is 11.1 Å². The van der Waals surface area contributed by atoms with E-state index in [0.29, 0.717) is 19.3 Å². The minimum Gasteiger partial charge on any atom is -0.166 e. The fourth-order valence-corrected chi connectivity index (χ4v) is 2.54. The van der Waals surface area contributed by atoms with Crippen molar-refractivity contribution >= 4 is 0 Å². The molecule has 0 fully saturated rings. The highest BCUT2D eigenvalue weighted by Gasteiger charge is 2.41. The Morgan fingerprint density at radius 3 is 1.81 bits per heavy atom. The summed E-state index contributed by atoms with van der Waals surface area (Å²) in [7, 11) is 0. The molecular formula is C15H18F6. The van der Waals surface area contributed by atoms with Crippen LogP contribution in [0.2, 0.25) is 0 Å². The van der Waals surface area contributed by atoms with Gasteiger partial charge in [0.25, 0.3) is 0 Å². The smallest absolute Gasteiger partial charge is 0.166 e. The zero-order valence-corrected chi connectivity index (χ0v) is 12.1. The molecule has 0 N–H and O–H groups in total. The fourth-order valence-electron chi connectivity index (χ4n) is 2.54. The Kier molecular flexibility index (Phi) is 5.01. The Balaban J connectivity index is 3.53. The molecule has 21 heavy (non-hydrogen) atoms. The second-order valence-electron chi connectivity index (χ2n) is 5.42. The third kappa shape index (κ3) is 3.92. The molecule has 0 spiro atoms. The van der Waals surface area contributed by atoms with Crippen LogP contribution in [-0.2, 0) is 17.8 Å². The largest absolute Gasteiger partial charge is 0.416 e. The second-order valence-corrected chi connectivity index (χ2v) is 5.42. The standard InChI is InChI=1S/C15H18F6/c1-4-8-13(3,5-2)11-7-6-10(14(16,17)18)9-12(11)15(19,20)21/h6-7,9H,4-5,8H2,1-3H3. The van der Waals surface area contributed by atoms with E-state index in [9.17, 15) is 26.3 Å². The lowest BCUT2D eigenvalue weighted by atomic mass is 9.74. The lowest BCUT2D eigenvalue weighted by Crippen LogP contribution is -2.26. The minimum absolute atomic E-state index is 0.0626. The van der Waals surface area contributed by atoms with Crippen molar-refractivity contribution in [1.29, 1.82) is 0 Å². The molecule has 0 radical (unpaired) electrons. The summed E-state index contributed by atoms with van der Waals surface area (Å²) in [5.74, 6) is 0. The molecule has 0 nitrogen and oxygen atoms in total. The number of halogens is 6. The van der Waals surface area contributed by atoms with Crippen LogP contribution in [0.15, 0.2) is 18.2 Å². The number of alkyl halides is 6. The average Bonchev–Trinajstić information content (AvgIpc) is 2.36. The monoisotopic (exact) mass is 312 g/mol. The van der Waals surface area contributed by atoms with Gasteiger partial charge in [-0.05, 0) is 36.0 Å². The van der Waals surface area contributed by atoms with Crippen molar-refractivity contribution in [2.45, 2.75) is 57.8 Å². The summed E-state index contributed by atoms with van der Waals surface area (Å²) in [6, 6.07) is 1.93. The molecule has 0 aliphatic rings. The van der Waals surface area contributed by atoms with Crippen LogP contribution in [-0.4, -0.2) is 0 Å². The first kappa shape index (κ1) is 17.9. The molecule has 1 atom stereocenters. The molecule has 1 unspecified atom stereocenters. The number of hydrogen-bond acceptors (Lipinski definition) is 0. The van der Waals surface area contributed by atoms with Crippen LogP contribution in [0.25, 0.3) is 0 Å². The fraction of sp³-hybridized carbons (Fsp3) is 0.600. The molecule has 0 aliphatic carbocycles. The maximum absolute atomic E-state index is 13.2. The van der Waals surface area contributed by atoms with Gasteiger partial charge in [0.2, 0.25) is 0 Å². The lowest BCUT2D eigenvalue weighted by molar-refractivity contribution is -0.143. The number of benzene rings is 1. The van der Waals surface area contributed by atoms with Crippen molar-refractivity contribution in [2.24, 2.45) is 0 Å². The molecule has 0 saturated carbocycles. The predicted molar refractivity (Wildman–Crippen MR) is 69.0 cm³/mol. The van der Waals surface area contributed by atoms with Gasteiger partial charge < -0.3 is 0 Å². The van der Waals surface area contributed by atoms with Gasteiger partial charge >= 0.3 is 12.4 Å². The summed E-state index contributed by atoms with van der Waals surface area (Å²) in [5.41, 5.74) is -3.31. The lowest BCUT2D eigenvalue weighted by Gasteiger charge is -2.32. The van der Waals surface area contributed by atoms with Gasteiger partial charge in [-0.25, -0.2) is 0 Å². The van der Waals surface area contributed by atoms with Gasteiger partial charge in [0, 0.05) is 0 Å². The summed E-state index contributed by atoms with van der Waals surface area (Å²) in [6.07, 6.45) is -8.03. The van der Waals surface area contributed by atoms with E-state index >= 15 is 0 Å². The average molecular weight is 312 g/mol. The van der Waals surface area contributed by atoms with Crippen LogP contribution in [0, 0.1) is 0 Å². The summed E-state index contributed by atoms with van der Waals surface area (Å²) >= 11 is 0. The summed E-state index contributed by atoms with van der Waals surface area (Å²) < 4.78 is 77.4. The van der Waals surface area contributed by atoms with E-state index in [1.807, 2.05) is 6.92 Å².